The largest absolute Gasteiger partial charge is 0.467 e. The van der Waals surface area contributed by atoms with Gasteiger partial charge in [-0.15, -0.1) is 0 Å². The average Bonchev–Trinajstić information content (AvgIpc) is 2.97. The van der Waals surface area contributed by atoms with Crippen LogP contribution in [0.25, 0.3) is 11.0 Å². The van der Waals surface area contributed by atoms with Crippen LogP contribution in [0.2, 0.25) is 0 Å². The molecule has 9 heteroatoms. The highest BCUT2D eigenvalue weighted by atomic mass is 16.7. The van der Waals surface area contributed by atoms with Crippen LogP contribution in [0, 0.1) is 35.5 Å². The zero-order chi connectivity index (χ0) is 29.1. The molecule has 0 saturated heterocycles. The molecule has 0 radical (unpaired) electrons. The Balaban J connectivity index is 1.42. The van der Waals surface area contributed by atoms with Crippen LogP contribution in [0.3, 0.4) is 0 Å². The van der Waals surface area contributed by atoms with Gasteiger partial charge in [-0.1, -0.05) is 12.5 Å². The molecule has 0 N–H and O–H groups in total. The van der Waals surface area contributed by atoms with E-state index in [0.717, 1.165) is 38.0 Å². The topological polar surface area (TPSA) is 107 Å². The fourth-order valence-corrected chi connectivity index (χ4v) is 6.35. The minimum Gasteiger partial charge on any atom is -0.467 e. The molecular weight excluding hydrogens is 516 g/mol. The first-order valence-electron chi connectivity index (χ1n) is 14.4. The van der Waals surface area contributed by atoms with Gasteiger partial charge in [-0.05, 0) is 75.1 Å². The summed E-state index contributed by atoms with van der Waals surface area (Å²) in [4.78, 5) is 22.3. The van der Waals surface area contributed by atoms with Crippen molar-refractivity contribution >= 4 is 22.4 Å². The Kier molecular flexibility index (Phi) is 8.46. The van der Waals surface area contributed by atoms with Crippen LogP contribution in [0.15, 0.2) is 35.1 Å². The molecule has 2 heterocycles. The Morgan fingerprint density at radius 3 is 2.41 bits per heavy atom. The van der Waals surface area contributed by atoms with E-state index in [2.05, 4.69) is 46.0 Å². The third-order valence-corrected chi connectivity index (χ3v) is 8.96. The first-order chi connectivity index (χ1) is 19.9. The molecule has 0 spiro atoms. The van der Waals surface area contributed by atoms with Crippen molar-refractivity contribution in [1.82, 2.24) is 9.55 Å². The van der Waals surface area contributed by atoms with Gasteiger partial charge in [0.25, 0.3) is 5.56 Å². The van der Waals surface area contributed by atoms with Gasteiger partial charge in [-0.3, -0.25) is 4.79 Å². The predicted octanol–water partition coefficient (Wildman–Crippen LogP) is 5.02. The summed E-state index contributed by atoms with van der Waals surface area (Å²) < 4.78 is 12.4. The fraction of sp³-hybridized carbons (Fsp3) is 0.500. The van der Waals surface area contributed by atoms with E-state index in [1.165, 1.54) is 35.1 Å². The Morgan fingerprint density at radius 2 is 1.78 bits per heavy atom. The van der Waals surface area contributed by atoms with Crippen LogP contribution in [0.4, 0.5) is 11.4 Å². The Bertz CT molecular complexity index is 1560. The second-order valence-electron chi connectivity index (χ2n) is 11.4. The van der Waals surface area contributed by atoms with E-state index >= 15 is 0 Å². The molecule has 9 nitrogen and oxygen atoms in total. The summed E-state index contributed by atoms with van der Waals surface area (Å²) >= 11 is 0. The molecule has 0 atom stereocenters. The van der Waals surface area contributed by atoms with Crippen molar-refractivity contribution < 1.29 is 9.47 Å². The number of methoxy groups -OCH3 is 1. The normalized spacial score (nSPS) is 18.8. The zero-order valence-electron chi connectivity index (χ0n) is 24.4. The number of fused-ring (bicyclic) bond motifs is 1. The third kappa shape index (κ3) is 5.60. The molecule has 2 aromatic heterocycles. The van der Waals surface area contributed by atoms with Crippen LogP contribution in [-0.2, 0) is 11.8 Å². The number of benzene rings is 1. The molecule has 0 amide bonds. The number of rotatable bonds is 9. The predicted molar refractivity (Wildman–Crippen MR) is 159 cm³/mol. The van der Waals surface area contributed by atoms with Gasteiger partial charge in [0.1, 0.15) is 34.7 Å². The number of pyridine rings is 2. The van der Waals surface area contributed by atoms with E-state index < -0.39 is 0 Å². The van der Waals surface area contributed by atoms with Gasteiger partial charge in [0.05, 0.1) is 11.2 Å². The van der Waals surface area contributed by atoms with Crippen molar-refractivity contribution in [2.45, 2.75) is 64.0 Å². The van der Waals surface area contributed by atoms with Crippen molar-refractivity contribution in [3.05, 3.63) is 57.5 Å². The quantitative estimate of drug-likeness (QED) is 0.339. The molecular formula is C32H38N6O3. The lowest BCUT2D eigenvalue weighted by atomic mass is 9.83. The second-order valence-corrected chi connectivity index (χ2v) is 11.4. The molecule has 41 heavy (non-hydrogen) atoms. The first-order valence-corrected chi connectivity index (χ1v) is 14.4. The molecule has 0 bridgehead atoms. The lowest BCUT2D eigenvalue weighted by Gasteiger charge is -2.44. The summed E-state index contributed by atoms with van der Waals surface area (Å²) in [7, 11) is 5.22. The van der Waals surface area contributed by atoms with Gasteiger partial charge in [-0.25, -0.2) is 4.98 Å². The van der Waals surface area contributed by atoms with Crippen molar-refractivity contribution in [2.24, 2.45) is 13.0 Å². The highest BCUT2D eigenvalue weighted by Crippen LogP contribution is 2.38. The van der Waals surface area contributed by atoms with E-state index in [1.807, 2.05) is 13.1 Å². The van der Waals surface area contributed by atoms with Crippen molar-refractivity contribution in [2.75, 3.05) is 37.3 Å². The third-order valence-electron chi connectivity index (χ3n) is 8.96. The lowest BCUT2D eigenvalue weighted by Crippen LogP contribution is -2.46. The second kappa shape index (κ2) is 12.2. The molecule has 3 aromatic rings. The van der Waals surface area contributed by atoms with E-state index in [0.29, 0.717) is 28.7 Å². The maximum absolute atomic E-state index is 13.1. The van der Waals surface area contributed by atoms with E-state index in [4.69, 9.17) is 9.47 Å². The maximum atomic E-state index is 13.1. The standard InChI is InChI=1S/C32H38N6O3/c1-21-8-14-26(41-20-40-4)16-29(21)38(19-22-6-5-7-22)25-12-10-24(11-13-25)36(2)31-27(18-34)32(39)37(3)28-15-9-23(17-33)35-30(28)31/h8-9,14-16,22,24-25H,5-7,10-13,19-20H2,1-4H3. The summed E-state index contributed by atoms with van der Waals surface area (Å²) in [6.45, 7) is 3.42. The summed E-state index contributed by atoms with van der Waals surface area (Å²) in [5.41, 5.74) is 4.09. The van der Waals surface area contributed by atoms with E-state index in [9.17, 15) is 15.3 Å². The van der Waals surface area contributed by atoms with Crippen LogP contribution >= 0.6 is 0 Å². The summed E-state index contributed by atoms with van der Waals surface area (Å²) in [5.74, 6) is 1.52. The number of anilines is 2. The average molecular weight is 555 g/mol. The smallest absolute Gasteiger partial charge is 0.270 e. The van der Waals surface area contributed by atoms with Gasteiger partial charge in [-0.2, -0.15) is 10.5 Å². The number of nitrogens with zero attached hydrogens (tertiary/aromatic N) is 6. The van der Waals surface area contributed by atoms with Crippen LogP contribution in [0.1, 0.15) is 61.8 Å². The van der Waals surface area contributed by atoms with Crippen molar-refractivity contribution in [1.29, 1.82) is 10.5 Å². The molecule has 214 valence electrons. The lowest BCUT2D eigenvalue weighted by molar-refractivity contribution is 0.0511. The molecule has 5 rings (SSSR count). The number of ether oxygens (including phenoxy) is 2. The molecule has 2 saturated carbocycles. The van der Waals surface area contributed by atoms with Gasteiger partial charge in [0, 0.05) is 51.6 Å². The number of nitriles is 2. The minimum atomic E-state index is -0.347. The Labute approximate surface area is 241 Å². The summed E-state index contributed by atoms with van der Waals surface area (Å²) in [6, 6.07) is 14.4. The summed E-state index contributed by atoms with van der Waals surface area (Å²) in [6.07, 6.45) is 7.68. The highest BCUT2D eigenvalue weighted by Gasteiger charge is 2.33. The zero-order valence-corrected chi connectivity index (χ0v) is 24.4. The maximum Gasteiger partial charge on any atom is 0.270 e. The van der Waals surface area contributed by atoms with Crippen molar-refractivity contribution in [3.63, 3.8) is 0 Å². The van der Waals surface area contributed by atoms with E-state index in [-0.39, 0.29) is 29.7 Å². The number of aromatic nitrogens is 2. The molecule has 2 fully saturated rings. The van der Waals surface area contributed by atoms with Crippen LogP contribution in [0.5, 0.6) is 5.75 Å². The molecule has 2 aliphatic rings. The Morgan fingerprint density at radius 1 is 1.05 bits per heavy atom. The number of aryl methyl sites for hydroxylation is 2. The van der Waals surface area contributed by atoms with Crippen LogP contribution in [-0.4, -0.2) is 49.1 Å². The monoisotopic (exact) mass is 554 g/mol. The minimum absolute atomic E-state index is 0.0716. The first kappa shape index (κ1) is 28.4. The SMILES string of the molecule is COCOc1ccc(C)c(N(CC2CCC2)C2CCC(N(C)c3c(C#N)c(=O)n(C)c4ccc(C#N)nc34)CC2)c1. The molecule has 1 aromatic carbocycles. The van der Waals surface area contributed by atoms with Gasteiger partial charge in [0.2, 0.25) is 0 Å². The Hall–Kier alpha value is -4.08. The summed E-state index contributed by atoms with van der Waals surface area (Å²) in [5, 5.41) is 19.5. The van der Waals surface area contributed by atoms with Crippen LogP contribution < -0.4 is 20.1 Å². The number of hydrogen-bond acceptors (Lipinski definition) is 8. The van der Waals surface area contributed by atoms with Gasteiger partial charge >= 0.3 is 0 Å². The molecule has 0 aliphatic heterocycles. The van der Waals surface area contributed by atoms with Gasteiger partial charge in [0.15, 0.2) is 6.79 Å². The fourth-order valence-electron chi connectivity index (χ4n) is 6.35. The van der Waals surface area contributed by atoms with Crippen molar-refractivity contribution in [3.8, 4) is 17.9 Å². The highest BCUT2D eigenvalue weighted by molar-refractivity contribution is 5.92. The molecule has 0 unspecified atom stereocenters. The van der Waals surface area contributed by atoms with E-state index in [1.54, 1.807) is 26.3 Å². The molecule has 2 aliphatic carbocycles. The van der Waals surface area contributed by atoms with Gasteiger partial charge < -0.3 is 23.8 Å². The number of hydrogen-bond donors (Lipinski definition) is 0.